The van der Waals surface area contributed by atoms with Gasteiger partial charge in [0, 0.05) is 38.8 Å². The molecule has 1 atom stereocenters. The molecule has 33 heavy (non-hydrogen) atoms. The molecule has 10 heteroatoms. The van der Waals surface area contributed by atoms with E-state index in [0.29, 0.717) is 11.5 Å². The number of halogens is 2. The Morgan fingerprint density at radius 3 is 2.61 bits per heavy atom. The van der Waals surface area contributed by atoms with Gasteiger partial charge in [-0.1, -0.05) is 24.1 Å². The summed E-state index contributed by atoms with van der Waals surface area (Å²) >= 11 is 6.15. The van der Waals surface area contributed by atoms with E-state index in [-0.39, 0.29) is 29.3 Å². The number of rotatable bonds is 5. The van der Waals surface area contributed by atoms with E-state index in [2.05, 4.69) is 35.3 Å². The molecule has 2 saturated heterocycles. The zero-order valence-corrected chi connectivity index (χ0v) is 19.3. The minimum absolute atomic E-state index is 0.0908. The maximum absolute atomic E-state index is 13.9. The van der Waals surface area contributed by atoms with Gasteiger partial charge >= 0.3 is 0 Å². The highest BCUT2D eigenvalue weighted by molar-refractivity contribution is 6.30. The van der Waals surface area contributed by atoms with Gasteiger partial charge in [0.05, 0.1) is 11.6 Å². The normalized spacial score (nSPS) is 20.7. The molecule has 5 rings (SSSR count). The first kappa shape index (κ1) is 22.3. The van der Waals surface area contributed by atoms with Crippen molar-refractivity contribution >= 4 is 34.8 Å². The number of fused-ring (bicyclic) bond motifs is 1. The Kier molecular flexibility index (Phi) is 6.62. The third-order valence-electron chi connectivity index (χ3n) is 6.77. The molecule has 0 saturated carbocycles. The third-order valence-corrected chi connectivity index (χ3v) is 7.06. The molecule has 3 aliphatic rings. The van der Waals surface area contributed by atoms with Crippen molar-refractivity contribution in [2.75, 3.05) is 67.9 Å². The smallest absolute Gasteiger partial charge is 0.243 e. The molecule has 2 N–H and O–H groups in total. The number of carbonyl (C=O) groups is 1. The number of aromatic nitrogens is 2. The van der Waals surface area contributed by atoms with E-state index in [1.165, 1.54) is 31.7 Å². The number of nitrogens with one attached hydrogen (secondary N) is 2. The fourth-order valence-electron chi connectivity index (χ4n) is 5.00. The molecule has 176 valence electrons. The minimum Gasteiger partial charge on any atom is -0.359 e. The predicted octanol–water partition coefficient (Wildman–Crippen LogP) is 2.98. The average molecular weight is 474 g/mol. The van der Waals surface area contributed by atoms with Gasteiger partial charge in [-0.2, -0.15) is 0 Å². The minimum atomic E-state index is -0.383. The van der Waals surface area contributed by atoms with Crippen molar-refractivity contribution in [2.45, 2.75) is 25.3 Å². The molecule has 2 aromatic rings. The van der Waals surface area contributed by atoms with Gasteiger partial charge in [0.15, 0.2) is 11.6 Å². The first-order valence-electron chi connectivity index (χ1n) is 11.6. The largest absolute Gasteiger partial charge is 0.359 e. The molecular weight excluding hydrogens is 445 g/mol. The monoisotopic (exact) mass is 473 g/mol. The number of likely N-dealkylation sites (tertiary alicyclic amines) is 1. The lowest BCUT2D eigenvalue weighted by Gasteiger charge is -2.42. The summed E-state index contributed by atoms with van der Waals surface area (Å²) in [4.78, 5) is 27.8. The molecule has 0 bridgehead atoms. The summed E-state index contributed by atoms with van der Waals surface area (Å²) in [5, 5.41) is 6.13. The summed E-state index contributed by atoms with van der Waals surface area (Å²) in [6.07, 6.45) is 5.27. The molecule has 4 heterocycles. The van der Waals surface area contributed by atoms with E-state index in [4.69, 9.17) is 11.6 Å². The van der Waals surface area contributed by atoms with Crippen LogP contribution in [0.25, 0.3) is 0 Å². The summed E-state index contributed by atoms with van der Waals surface area (Å²) < 4.78 is 13.9. The molecule has 1 aromatic carbocycles. The topological polar surface area (TPSA) is 76.6 Å². The van der Waals surface area contributed by atoms with Gasteiger partial charge in [0.1, 0.15) is 17.8 Å². The van der Waals surface area contributed by atoms with E-state index in [9.17, 15) is 9.18 Å². The number of piperazine rings is 1. The Balaban J connectivity index is 1.33. The first-order chi connectivity index (χ1) is 16.1. The second kappa shape index (κ2) is 9.79. The fourth-order valence-corrected chi connectivity index (χ4v) is 5.19. The van der Waals surface area contributed by atoms with Crippen LogP contribution in [0.5, 0.6) is 0 Å². The van der Waals surface area contributed by atoms with Crippen LogP contribution in [0.3, 0.4) is 0 Å². The van der Waals surface area contributed by atoms with E-state index in [1.54, 1.807) is 6.07 Å². The van der Waals surface area contributed by atoms with Crippen LogP contribution < -0.4 is 15.5 Å². The summed E-state index contributed by atoms with van der Waals surface area (Å²) in [5.41, 5.74) is 1.70. The Morgan fingerprint density at radius 2 is 1.85 bits per heavy atom. The summed E-state index contributed by atoms with van der Waals surface area (Å²) in [6, 6.07) is 5.26. The van der Waals surface area contributed by atoms with Crippen LogP contribution in [0.1, 0.15) is 30.9 Å². The van der Waals surface area contributed by atoms with E-state index < -0.39 is 0 Å². The standard InChI is InChI=1S/C23H29ClFN7O/c24-17-12-16(4-5-18(17)25)19(14-30-6-2-1-3-7-30)31-8-10-32(11-9-31)23-21-22(27-15-28-23)26-13-20(33)29-21/h4-5,12,15,19H,1-3,6-11,13-14H2,(H,29,33)(H,26,27,28). The zero-order valence-electron chi connectivity index (χ0n) is 18.6. The predicted molar refractivity (Wildman–Crippen MR) is 127 cm³/mol. The van der Waals surface area contributed by atoms with Crippen LogP contribution in [-0.4, -0.2) is 78.0 Å². The maximum Gasteiger partial charge on any atom is 0.243 e. The Morgan fingerprint density at radius 1 is 1.06 bits per heavy atom. The van der Waals surface area contributed by atoms with Gasteiger partial charge in [0.25, 0.3) is 0 Å². The lowest BCUT2D eigenvalue weighted by Crippen LogP contribution is -2.50. The fraction of sp³-hybridized carbons (Fsp3) is 0.522. The van der Waals surface area contributed by atoms with Crippen molar-refractivity contribution in [1.82, 2.24) is 19.8 Å². The van der Waals surface area contributed by atoms with Crippen molar-refractivity contribution in [2.24, 2.45) is 0 Å². The number of hydrogen-bond donors (Lipinski definition) is 2. The number of benzene rings is 1. The van der Waals surface area contributed by atoms with Gasteiger partial charge in [0.2, 0.25) is 5.91 Å². The van der Waals surface area contributed by atoms with Crippen LogP contribution in [0.4, 0.5) is 21.7 Å². The van der Waals surface area contributed by atoms with Crippen molar-refractivity contribution in [1.29, 1.82) is 0 Å². The maximum atomic E-state index is 13.9. The molecule has 1 aromatic heterocycles. The van der Waals surface area contributed by atoms with Crippen LogP contribution in [0, 0.1) is 5.82 Å². The van der Waals surface area contributed by atoms with Crippen molar-refractivity contribution < 1.29 is 9.18 Å². The molecule has 0 aliphatic carbocycles. The summed E-state index contributed by atoms with van der Waals surface area (Å²) in [5.74, 6) is 0.932. The number of nitrogens with zero attached hydrogens (tertiary/aromatic N) is 5. The van der Waals surface area contributed by atoms with Gasteiger partial charge in [-0.15, -0.1) is 0 Å². The lowest BCUT2D eigenvalue weighted by molar-refractivity contribution is -0.114. The highest BCUT2D eigenvalue weighted by Crippen LogP contribution is 2.33. The van der Waals surface area contributed by atoms with Crippen molar-refractivity contribution in [3.05, 3.63) is 40.9 Å². The molecule has 0 radical (unpaired) electrons. The van der Waals surface area contributed by atoms with Crippen LogP contribution in [0.2, 0.25) is 5.02 Å². The second-order valence-corrected chi connectivity index (χ2v) is 9.30. The molecule has 1 amide bonds. The lowest BCUT2D eigenvalue weighted by atomic mass is 10.0. The van der Waals surface area contributed by atoms with Gasteiger partial charge < -0.3 is 20.4 Å². The van der Waals surface area contributed by atoms with Crippen LogP contribution in [-0.2, 0) is 4.79 Å². The molecule has 3 aliphatic heterocycles. The van der Waals surface area contributed by atoms with Gasteiger partial charge in [-0.05, 0) is 43.6 Å². The molecule has 0 spiro atoms. The number of amides is 1. The summed E-state index contributed by atoms with van der Waals surface area (Å²) in [7, 11) is 0. The number of carbonyl (C=O) groups excluding carboxylic acids is 1. The van der Waals surface area contributed by atoms with E-state index in [0.717, 1.165) is 57.2 Å². The van der Waals surface area contributed by atoms with E-state index >= 15 is 0 Å². The van der Waals surface area contributed by atoms with Crippen LogP contribution >= 0.6 is 11.6 Å². The molecule has 1 unspecified atom stereocenters. The van der Waals surface area contributed by atoms with E-state index in [1.807, 2.05) is 6.07 Å². The molecular formula is C23H29ClFN7O. The van der Waals surface area contributed by atoms with Crippen molar-refractivity contribution in [3.63, 3.8) is 0 Å². The zero-order chi connectivity index (χ0) is 22.8. The second-order valence-electron chi connectivity index (χ2n) is 8.90. The van der Waals surface area contributed by atoms with Crippen molar-refractivity contribution in [3.8, 4) is 0 Å². The highest BCUT2D eigenvalue weighted by Gasteiger charge is 2.30. The van der Waals surface area contributed by atoms with Crippen LogP contribution in [0.15, 0.2) is 24.5 Å². The Labute approximate surface area is 198 Å². The number of piperidine rings is 1. The first-order valence-corrected chi connectivity index (χ1v) is 12.0. The SMILES string of the molecule is O=C1CNc2ncnc(N3CCN(C(CN4CCCCC4)c4ccc(F)c(Cl)c4)CC3)c2N1. The van der Waals surface area contributed by atoms with Gasteiger partial charge in [-0.25, -0.2) is 14.4 Å². The molecule has 8 nitrogen and oxygen atoms in total. The number of anilines is 3. The molecule has 2 fully saturated rings. The third kappa shape index (κ3) is 4.90. The quantitative estimate of drug-likeness (QED) is 0.691. The Bertz CT molecular complexity index is 1010. The van der Waals surface area contributed by atoms with Gasteiger partial charge in [-0.3, -0.25) is 9.69 Å². The Hall–Kier alpha value is -2.49. The average Bonchev–Trinajstić information content (AvgIpc) is 2.85. The summed E-state index contributed by atoms with van der Waals surface area (Å²) in [6.45, 7) is 6.52. The number of hydrogen-bond acceptors (Lipinski definition) is 7. The highest BCUT2D eigenvalue weighted by atomic mass is 35.5.